The SMILES string of the molecule is Cc1ccccc1S(=O)(=O)[C@@H](Cc1c[nH]c2ccccc12)C(=O)Nc1ccc(N2CCOCC2)cc1. The minimum Gasteiger partial charge on any atom is -0.378 e. The summed E-state index contributed by atoms with van der Waals surface area (Å²) < 4.78 is 33.0. The van der Waals surface area contributed by atoms with Crippen LogP contribution in [0.5, 0.6) is 0 Å². The summed E-state index contributed by atoms with van der Waals surface area (Å²) in [6.45, 7) is 4.74. The number of hydrogen-bond acceptors (Lipinski definition) is 5. The van der Waals surface area contributed by atoms with E-state index < -0.39 is 21.0 Å². The van der Waals surface area contributed by atoms with Crippen LogP contribution in [0.2, 0.25) is 0 Å². The number of aryl methyl sites for hydroxylation is 1. The van der Waals surface area contributed by atoms with Crippen LogP contribution in [-0.2, 0) is 25.8 Å². The number of amides is 1. The Kier molecular flexibility index (Phi) is 6.80. The number of H-pyrrole nitrogens is 1. The van der Waals surface area contributed by atoms with Gasteiger partial charge in [0.1, 0.15) is 5.25 Å². The number of anilines is 2. The lowest BCUT2D eigenvalue weighted by Gasteiger charge is -2.29. The molecule has 0 unspecified atom stereocenters. The molecule has 0 spiro atoms. The lowest BCUT2D eigenvalue weighted by molar-refractivity contribution is -0.115. The van der Waals surface area contributed by atoms with Gasteiger partial charge in [0, 0.05) is 48.0 Å². The molecule has 0 saturated carbocycles. The van der Waals surface area contributed by atoms with Crippen LogP contribution in [0.25, 0.3) is 10.9 Å². The lowest BCUT2D eigenvalue weighted by atomic mass is 10.1. The number of ether oxygens (including phenoxy) is 1. The van der Waals surface area contributed by atoms with E-state index in [4.69, 9.17) is 4.74 Å². The molecule has 7 nitrogen and oxygen atoms in total. The third-order valence-corrected chi connectivity index (χ3v) is 8.86. The number of carbonyl (C=O) groups is 1. The molecule has 2 N–H and O–H groups in total. The van der Waals surface area contributed by atoms with Gasteiger partial charge >= 0.3 is 0 Å². The van der Waals surface area contributed by atoms with Gasteiger partial charge < -0.3 is 19.9 Å². The molecule has 1 fully saturated rings. The van der Waals surface area contributed by atoms with Crippen LogP contribution < -0.4 is 10.2 Å². The van der Waals surface area contributed by atoms with Gasteiger partial charge in [-0.1, -0.05) is 36.4 Å². The number of hydrogen-bond donors (Lipinski definition) is 2. The van der Waals surface area contributed by atoms with Gasteiger partial charge in [-0.25, -0.2) is 8.42 Å². The minimum absolute atomic E-state index is 0.0539. The Hall–Kier alpha value is -3.62. The van der Waals surface area contributed by atoms with E-state index in [0.717, 1.165) is 35.2 Å². The molecule has 1 saturated heterocycles. The first-order valence-corrected chi connectivity index (χ1v) is 13.6. The van der Waals surface area contributed by atoms with Gasteiger partial charge in [-0.3, -0.25) is 4.79 Å². The van der Waals surface area contributed by atoms with E-state index in [0.29, 0.717) is 24.5 Å². The number of carbonyl (C=O) groups excluding carboxylic acids is 1. The standard InChI is InChI=1S/C28H29N3O4S/c1-20-6-2-5-9-26(20)36(33,34)27(18-21-19-29-25-8-4-3-7-24(21)25)28(32)30-22-10-12-23(13-11-22)31-14-16-35-17-15-31/h2-13,19,27,29H,14-18H2,1H3,(H,30,32)/t27-/m0/s1. The first kappa shape index (κ1) is 24.1. The highest BCUT2D eigenvalue weighted by Crippen LogP contribution is 2.27. The fourth-order valence-corrected chi connectivity index (χ4v) is 6.50. The highest BCUT2D eigenvalue weighted by atomic mass is 32.2. The van der Waals surface area contributed by atoms with Gasteiger partial charge in [-0.05, 0) is 54.4 Å². The average molecular weight is 504 g/mol. The number of benzene rings is 3. The normalized spacial score (nSPS) is 15.1. The van der Waals surface area contributed by atoms with Gasteiger partial charge in [0.2, 0.25) is 5.91 Å². The first-order chi connectivity index (χ1) is 17.4. The molecular formula is C28H29N3O4S. The van der Waals surface area contributed by atoms with E-state index >= 15 is 0 Å². The van der Waals surface area contributed by atoms with Crippen LogP contribution in [0.4, 0.5) is 11.4 Å². The molecule has 186 valence electrons. The predicted molar refractivity (Wildman–Crippen MR) is 142 cm³/mol. The molecule has 0 aliphatic carbocycles. The molecule has 5 rings (SSSR count). The van der Waals surface area contributed by atoms with E-state index in [1.807, 2.05) is 48.5 Å². The Morgan fingerprint density at radius 2 is 1.69 bits per heavy atom. The number of aromatic nitrogens is 1. The quantitative estimate of drug-likeness (QED) is 0.392. The predicted octanol–water partition coefficient (Wildman–Crippen LogP) is 4.34. The van der Waals surface area contributed by atoms with E-state index in [1.165, 1.54) is 0 Å². The lowest BCUT2D eigenvalue weighted by Crippen LogP contribution is -2.37. The second-order valence-corrected chi connectivity index (χ2v) is 11.1. The summed E-state index contributed by atoms with van der Waals surface area (Å²) in [6, 6.07) is 22.0. The molecule has 0 radical (unpaired) electrons. The van der Waals surface area contributed by atoms with Crippen LogP contribution in [0.15, 0.2) is 83.9 Å². The maximum absolute atomic E-state index is 13.8. The fourth-order valence-electron chi connectivity index (χ4n) is 4.67. The van der Waals surface area contributed by atoms with E-state index in [9.17, 15) is 13.2 Å². The van der Waals surface area contributed by atoms with Gasteiger partial charge in [0.05, 0.1) is 18.1 Å². The number of nitrogens with zero attached hydrogens (tertiary/aromatic N) is 1. The Morgan fingerprint density at radius 3 is 2.44 bits per heavy atom. The van der Waals surface area contributed by atoms with Crippen LogP contribution in [-0.4, -0.2) is 50.9 Å². The Balaban J connectivity index is 1.45. The fraction of sp³-hybridized carbons (Fsp3) is 0.250. The van der Waals surface area contributed by atoms with Gasteiger partial charge in [0.25, 0.3) is 0 Å². The van der Waals surface area contributed by atoms with Crippen LogP contribution in [0, 0.1) is 6.92 Å². The number of rotatable bonds is 7. The van der Waals surface area contributed by atoms with Crippen LogP contribution >= 0.6 is 0 Å². The van der Waals surface area contributed by atoms with Gasteiger partial charge in [-0.2, -0.15) is 0 Å². The number of sulfone groups is 1. The van der Waals surface area contributed by atoms with Crippen molar-refractivity contribution in [2.45, 2.75) is 23.5 Å². The first-order valence-electron chi connectivity index (χ1n) is 12.0. The number of nitrogens with one attached hydrogen (secondary N) is 2. The minimum atomic E-state index is -3.97. The van der Waals surface area contributed by atoms with Crippen molar-refractivity contribution in [3.8, 4) is 0 Å². The van der Waals surface area contributed by atoms with E-state index in [2.05, 4.69) is 15.2 Å². The van der Waals surface area contributed by atoms with Crippen molar-refractivity contribution < 1.29 is 17.9 Å². The Bertz CT molecular complexity index is 1470. The highest BCUT2D eigenvalue weighted by Gasteiger charge is 2.35. The second kappa shape index (κ2) is 10.2. The monoisotopic (exact) mass is 503 g/mol. The van der Waals surface area contributed by atoms with E-state index in [1.54, 1.807) is 37.4 Å². The molecule has 4 aromatic rings. The number of aromatic amines is 1. The smallest absolute Gasteiger partial charge is 0.243 e. The molecule has 36 heavy (non-hydrogen) atoms. The zero-order valence-electron chi connectivity index (χ0n) is 20.1. The van der Waals surface area contributed by atoms with Crippen molar-refractivity contribution in [1.29, 1.82) is 0 Å². The zero-order valence-corrected chi connectivity index (χ0v) is 20.9. The summed E-state index contributed by atoms with van der Waals surface area (Å²) in [7, 11) is -3.97. The topological polar surface area (TPSA) is 91.5 Å². The maximum atomic E-state index is 13.8. The molecule has 1 aromatic heterocycles. The number of fused-ring (bicyclic) bond motifs is 1. The summed E-state index contributed by atoms with van der Waals surface area (Å²) in [6.07, 6.45) is 1.84. The van der Waals surface area contributed by atoms with Crippen molar-refractivity contribution in [3.05, 3.63) is 90.1 Å². The number of para-hydroxylation sites is 1. The van der Waals surface area contributed by atoms with Crippen molar-refractivity contribution in [2.75, 3.05) is 36.5 Å². The van der Waals surface area contributed by atoms with E-state index in [-0.39, 0.29) is 11.3 Å². The Labute approximate surface area is 211 Å². The van der Waals surface area contributed by atoms with Gasteiger partial charge in [-0.15, -0.1) is 0 Å². The number of morpholine rings is 1. The third kappa shape index (κ3) is 4.87. The highest BCUT2D eigenvalue weighted by molar-refractivity contribution is 7.92. The average Bonchev–Trinajstić information content (AvgIpc) is 3.31. The van der Waals surface area contributed by atoms with Crippen molar-refractivity contribution in [1.82, 2.24) is 4.98 Å². The molecule has 2 heterocycles. The van der Waals surface area contributed by atoms with Crippen LogP contribution in [0.3, 0.4) is 0 Å². The summed E-state index contributed by atoms with van der Waals surface area (Å²) in [4.78, 5) is 19.1. The third-order valence-electron chi connectivity index (χ3n) is 6.66. The zero-order chi connectivity index (χ0) is 25.1. The molecule has 1 aliphatic rings. The summed E-state index contributed by atoms with van der Waals surface area (Å²) in [5, 5.41) is 2.47. The maximum Gasteiger partial charge on any atom is 0.243 e. The largest absolute Gasteiger partial charge is 0.378 e. The summed E-state index contributed by atoms with van der Waals surface area (Å²) in [5.41, 5.74) is 3.90. The molecule has 0 bridgehead atoms. The molecule has 1 amide bonds. The Morgan fingerprint density at radius 1 is 1.00 bits per heavy atom. The summed E-state index contributed by atoms with van der Waals surface area (Å²) >= 11 is 0. The molecule has 1 atom stereocenters. The molecular weight excluding hydrogens is 474 g/mol. The van der Waals surface area contributed by atoms with Gasteiger partial charge in [0.15, 0.2) is 9.84 Å². The molecule has 1 aliphatic heterocycles. The summed E-state index contributed by atoms with van der Waals surface area (Å²) in [5.74, 6) is -0.553. The van der Waals surface area contributed by atoms with Crippen molar-refractivity contribution in [3.63, 3.8) is 0 Å². The van der Waals surface area contributed by atoms with Crippen molar-refractivity contribution >= 4 is 38.0 Å². The molecule has 8 heteroatoms. The van der Waals surface area contributed by atoms with Crippen molar-refractivity contribution in [2.24, 2.45) is 0 Å². The second-order valence-electron chi connectivity index (χ2n) is 9.00. The molecule has 3 aromatic carbocycles. The van der Waals surface area contributed by atoms with Crippen LogP contribution in [0.1, 0.15) is 11.1 Å².